The summed E-state index contributed by atoms with van der Waals surface area (Å²) in [5.41, 5.74) is 0.632. The van der Waals surface area contributed by atoms with Gasteiger partial charge >= 0.3 is 0 Å². The normalized spacial score (nSPS) is 11.7. The highest BCUT2D eigenvalue weighted by Crippen LogP contribution is 1.98. The Kier molecular flexibility index (Phi) is 5.07. The van der Waals surface area contributed by atoms with Crippen LogP contribution in [-0.4, -0.2) is 34.6 Å². The number of amides is 2. The molecule has 0 aliphatic heterocycles. The predicted octanol–water partition coefficient (Wildman–Crippen LogP) is -0.0185. The maximum absolute atomic E-state index is 11.9. The summed E-state index contributed by atoms with van der Waals surface area (Å²) in [5, 5.41) is 22.9. The molecule has 2 rings (SSSR count). The van der Waals surface area contributed by atoms with Crippen LogP contribution < -0.4 is 15.4 Å². The minimum Gasteiger partial charge on any atom is -0.619 e. The number of aromatic nitrogens is 3. The second kappa shape index (κ2) is 7.21. The van der Waals surface area contributed by atoms with E-state index in [4.69, 9.17) is 0 Å². The summed E-state index contributed by atoms with van der Waals surface area (Å²) in [6.45, 7) is 2.17. The Labute approximate surface area is 127 Å². The van der Waals surface area contributed by atoms with Crippen molar-refractivity contribution in [3.05, 3.63) is 53.3 Å². The Balaban J connectivity index is 1.88. The quantitative estimate of drug-likeness (QED) is 0.514. The Morgan fingerprint density at radius 2 is 2.23 bits per heavy atom. The molecule has 8 nitrogen and oxygen atoms in total. The zero-order valence-corrected chi connectivity index (χ0v) is 12.1. The summed E-state index contributed by atoms with van der Waals surface area (Å²) >= 11 is 0. The maximum atomic E-state index is 11.9. The third-order valence-electron chi connectivity index (χ3n) is 3.12. The van der Waals surface area contributed by atoms with Gasteiger partial charge in [-0.2, -0.15) is 9.83 Å². The Morgan fingerprint density at radius 1 is 1.41 bits per heavy atom. The molecule has 0 fully saturated rings. The molecule has 2 amide bonds. The lowest BCUT2D eigenvalue weighted by molar-refractivity contribution is -0.605. The van der Waals surface area contributed by atoms with Gasteiger partial charge in [-0.05, 0) is 18.6 Å². The van der Waals surface area contributed by atoms with E-state index in [2.05, 4.69) is 20.8 Å². The number of H-pyrrole nitrogens is 1. The molecule has 116 valence electrons. The third-order valence-corrected chi connectivity index (χ3v) is 3.12. The van der Waals surface area contributed by atoms with E-state index < -0.39 is 0 Å². The molecular formula is C14H17N5O3. The summed E-state index contributed by atoms with van der Waals surface area (Å²) in [6.07, 6.45) is 4.64. The molecule has 0 unspecified atom stereocenters. The van der Waals surface area contributed by atoms with Gasteiger partial charge in [0.05, 0.1) is 0 Å². The Morgan fingerprint density at radius 3 is 2.86 bits per heavy atom. The predicted molar refractivity (Wildman–Crippen MR) is 77.9 cm³/mol. The first-order valence-corrected chi connectivity index (χ1v) is 6.87. The van der Waals surface area contributed by atoms with Crippen molar-refractivity contribution in [1.82, 2.24) is 20.8 Å². The monoisotopic (exact) mass is 303 g/mol. The second-order valence-corrected chi connectivity index (χ2v) is 4.71. The largest absolute Gasteiger partial charge is 0.619 e. The Bertz CT molecular complexity index is 642. The van der Waals surface area contributed by atoms with E-state index in [1.54, 1.807) is 12.1 Å². The van der Waals surface area contributed by atoms with Gasteiger partial charge in [-0.15, -0.1) is 0 Å². The SMILES string of the molecule is CC[C@H](CNC(=O)c1ccc[n+]([O-])c1)NC(=O)c1ccn[nH]1. The number of nitrogens with one attached hydrogen (secondary N) is 3. The van der Waals surface area contributed by atoms with E-state index in [0.717, 1.165) is 0 Å². The van der Waals surface area contributed by atoms with E-state index >= 15 is 0 Å². The fourth-order valence-electron chi connectivity index (χ4n) is 1.85. The van der Waals surface area contributed by atoms with Crippen molar-refractivity contribution in [3.8, 4) is 0 Å². The lowest BCUT2D eigenvalue weighted by atomic mass is 10.2. The van der Waals surface area contributed by atoms with Crippen molar-refractivity contribution in [3.63, 3.8) is 0 Å². The molecule has 3 N–H and O–H groups in total. The van der Waals surface area contributed by atoms with Gasteiger partial charge in [0.15, 0.2) is 12.4 Å². The van der Waals surface area contributed by atoms with Gasteiger partial charge in [0, 0.05) is 24.8 Å². The van der Waals surface area contributed by atoms with Gasteiger partial charge in [0.2, 0.25) is 0 Å². The molecule has 0 saturated carbocycles. The number of rotatable bonds is 6. The first kappa shape index (κ1) is 15.5. The molecule has 22 heavy (non-hydrogen) atoms. The first-order chi connectivity index (χ1) is 10.6. The summed E-state index contributed by atoms with van der Waals surface area (Å²) in [7, 11) is 0. The van der Waals surface area contributed by atoms with Crippen LogP contribution in [0, 0.1) is 5.21 Å². The third kappa shape index (κ3) is 4.05. The van der Waals surface area contributed by atoms with Crippen LogP contribution in [0.25, 0.3) is 0 Å². The fourth-order valence-corrected chi connectivity index (χ4v) is 1.85. The molecule has 0 spiro atoms. The number of carbonyl (C=O) groups is 2. The zero-order chi connectivity index (χ0) is 15.9. The van der Waals surface area contributed by atoms with Crippen LogP contribution >= 0.6 is 0 Å². The van der Waals surface area contributed by atoms with E-state index in [1.165, 1.54) is 24.7 Å². The van der Waals surface area contributed by atoms with Crippen molar-refractivity contribution in [2.24, 2.45) is 0 Å². The molecule has 1 atom stereocenters. The van der Waals surface area contributed by atoms with Crippen molar-refractivity contribution in [1.29, 1.82) is 0 Å². The van der Waals surface area contributed by atoms with Crippen molar-refractivity contribution in [2.75, 3.05) is 6.54 Å². The van der Waals surface area contributed by atoms with Crippen molar-refractivity contribution in [2.45, 2.75) is 19.4 Å². The molecule has 8 heteroatoms. The lowest BCUT2D eigenvalue weighted by Crippen LogP contribution is -2.43. The van der Waals surface area contributed by atoms with Gasteiger partial charge in [-0.3, -0.25) is 14.7 Å². The smallest absolute Gasteiger partial charge is 0.269 e. The summed E-state index contributed by atoms with van der Waals surface area (Å²) in [4.78, 5) is 23.8. The average Bonchev–Trinajstić information content (AvgIpc) is 3.05. The molecule has 2 heterocycles. The molecule has 0 aliphatic carbocycles. The minimum absolute atomic E-state index is 0.220. The number of hydrogen-bond donors (Lipinski definition) is 3. The van der Waals surface area contributed by atoms with E-state index in [1.807, 2.05) is 6.92 Å². The first-order valence-electron chi connectivity index (χ1n) is 6.87. The van der Waals surface area contributed by atoms with Gasteiger partial charge in [0.1, 0.15) is 11.3 Å². The number of carbonyl (C=O) groups excluding carboxylic acids is 2. The van der Waals surface area contributed by atoms with Gasteiger partial charge in [-0.1, -0.05) is 6.92 Å². The van der Waals surface area contributed by atoms with Crippen molar-refractivity contribution < 1.29 is 14.3 Å². The fraction of sp³-hybridized carbons (Fsp3) is 0.286. The summed E-state index contributed by atoms with van der Waals surface area (Å²) in [5.74, 6) is -0.643. The highest BCUT2D eigenvalue weighted by Gasteiger charge is 2.15. The van der Waals surface area contributed by atoms with E-state index in [-0.39, 0.29) is 30.0 Å². The second-order valence-electron chi connectivity index (χ2n) is 4.71. The summed E-state index contributed by atoms with van der Waals surface area (Å²) in [6, 6.07) is 4.40. The molecule has 2 aromatic rings. The zero-order valence-electron chi connectivity index (χ0n) is 12.1. The van der Waals surface area contributed by atoms with Crippen LogP contribution in [0.1, 0.15) is 34.2 Å². The van der Waals surface area contributed by atoms with Crippen LogP contribution in [0.5, 0.6) is 0 Å². The van der Waals surface area contributed by atoms with Gasteiger partial charge in [-0.25, -0.2) is 0 Å². The average molecular weight is 303 g/mol. The highest BCUT2D eigenvalue weighted by molar-refractivity contribution is 5.94. The summed E-state index contributed by atoms with van der Waals surface area (Å²) < 4.78 is 0.562. The number of pyridine rings is 1. The number of nitrogens with zero attached hydrogens (tertiary/aromatic N) is 2. The molecule has 0 aliphatic rings. The van der Waals surface area contributed by atoms with Gasteiger partial charge in [0.25, 0.3) is 11.8 Å². The highest BCUT2D eigenvalue weighted by atomic mass is 16.5. The van der Waals surface area contributed by atoms with Crippen LogP contribution in [0.3, 0.4) is 0 Å². The lowest BCUT2D eigenvalue weighted by Gasteiger charge is -2.17. The molecule has 0 aromatic carbocycles. The maximum Gasteiger partial charge on any atom is 0.269 e. The van der Waals surface area contributed by atoms with Gasteiger partial charge < -0.3 is 15.8 Å². The molecule has 0 radical (unpaired) electrons. The number of hydrogen-bond acceptors (Lipinski definition) is 4. The van der Waals surface area contributed by atoms with E-state index in [9.17, 15) is 14.8 Å². The Hall–Kier alpha value is -2.90. The topological polar surface area (TPSA) is 114 Å². The number of aromatic amines is 1. The van der Waals surface area contributed by atoms with Crippen LogP contribution in [-0.2, 0) is 0 Å². The molecule has 0 bridgehead atoms. The standard InChI is InChI=1S/C14H17N5O3/c1-2-11(17-14(21)12-5-6-16-18-12)8-15-13(20)10-4-3-7-19(22)9-10/h3-7,9,11H,2,8H2,1H3,(H,15,20)(H,16,18)(H,17,21)/t11-/m1/s1. The molecule has 2 aromatic heterocycles. The van der Waals surface area contributed by atoms with Crippen LogP contribution in [0.4, 0.5) is 0 Å². The molecular weight excluding hydrogens is 286 g/mol. The molecule has 0 saturated heterocycles. The minimum atomic E-state index is -0.362. The van der Waals surface area contributed by atoms with E-state index in [0.29, 0.717) is 16.8 Å². The van der Waals surface area contributed by atoms with Crippen LogP contribution in [0.2, 0.25) is 0 Å². The van der Waals surface area contributed by atoms with Crippen LogP contribution in [0.15, 0.2) is 36.8 Å². The van der Waals surface area contributed by atoms with Crippen molar-refractivity contribution >= 4 is 11.8 Å².